The first-order valence-corrected chi connectivity index (χ1v) is 9.53. The second-order valence-corrected chi connectivity index (χ2v) is 7.32. The molecule has 3 aromatic rings. The number of pyridine rings is 2. The van der Waals surface area contributed by atoms with E-state index >= 15 is 0 Å². The number of aliphatic carboxylic acids is 1. The van der Waals surface area contributed by atoms with Crippen LogP contribution in [0, 0.1) is 12.8 Å². The van der Waals surface area contributed by atoms with E-state index in [4.69, 9.17) is 9.72 Å². The standard InChI is InChI=1S/C24H22N2O3.2H2S/c1-15-3-5-16(6-4-15)7-8-17-11-18(14-25-13-17)21-9-10-22(29-2)23(26-21)19-12-20(19)24(27)28;;/h3-11,13-14,19-20H,12H2,1-2H3,(H,27,28);2*1H2/b8-7-;;/t19-,20-;;/m0../s1. The van der Waals surface area contributed by atoms with Gasteiger partial charge in [0.2, 0.25) is 0 Å². The van der Waals surface area contributed by atoms with Crippen molar-refractivity contribution in [2.75, 3.05) is 7.11 Å². The molecule has 7 heteroatoms. The van der Waals surface area contributed by atoms with Gasteiger partial charge in [-0.2, -0.15) is 27.0 Å². The van der Waals surface area contributed by atoms with Gasteiger partial charge in [-0.3, -0.25) is 9.78 Å². The summed E-state index contributed by atoms with van der Waals surface area (Å²) in [4.78, 5) is 20.3. The van der Waals surface area contributed by atoms with Crippen LogP contribution in [0.3, 0.4) is 0 Å². The van der Waals surface area contributed by atoms with Gasteiger partial charge in [-0.15, -0.1) is 0 Å². The molecule has 2 aromatic heterocycles. The van der Waals surface area contributed by atoms with Gasteiger partial charge >= 0.3 is 5.97 Å². The van der Waals surface area contributed by atoms with E-state index in [1.807, 2.05) is 24.3 Å². The average molecular weight is 455 g/mol. The zero-order chi connectivity index (χ0) is 20.4. The Bertz CT molecular complexity index is 1080. The number of carbonyl (C=O) groups is 1. The third kappa shape index (κ3) is 5.68. The van der Waals surface area contributed by atoms with Crippen LogP contribution >= 0.6 is 27.0 Å². The molecule has 1 N–H and O–H groups in total. The van der Waals surface area contributed by atoms with E-state index in [0.717, 1.165) is 22.4 Å². The maximum Gasteiger partial charge on any atom is 0.307 e. The Morgan fingerprint density at radius 2 is 1.77 bits per heavy atom. The number of carboxylic acid groups (broad SMARTS) is 1. The molecule has 4 rings (SSSR count). The van der Waals surface area contributed by atoms with Crippen molar-refractivity contribution < 1.29 is 14.6 Å². The maximum atomic E-state index is 11.3. The number of carboxylic acids is 1. The van der Waals surface area contributed by atoms with E-state index in [0.29, 0.717) is 17.9 Å². The van der Waals surface area contributed by atoms with E-state index in [-0.39, 0.29) is 38.8 Å². The van der Waals surface area contributed by atoms with Crippen LogP contribution in [-0.4, -0.2) is 28.2 Å². The number of rotatable bonds is 6. The third-order valence-electron chi connectivity index (χ3n) is 5.17. The average Bonchev–Trinajstić information content (AvgIpc) is 3.54. The van der Waals surface area contributed by atoms with E-state index < -0.39 is 5.97 Å². The molecule has 1 saturated carbocycles. The predicted molar refractivity (Wildman–Crippen MR) is 133 cm³/mol. The molecule has 31 heavy (non-hydrogen) atoms. The van der Waals surface area contributed by atoms with Crippen molar-refractivity contribution in [3.05, 3.63) is 77.2 Å². The molecular formula is C24H26N2O3S2. The lowest BCUT2D eigenvalue weighted by Gasteiger charge is -2.10. The fraction of sp³-hybridized carbons (Fsp3) is 0.208. The molecule has 1 aliphatic rings. The van der Waals surface area contributed by atoms with Gasteiger partial charge in [0.05, 0.1) is 24.4 Å². The summed E-state index contributed by atoms with van der Waals surface area (Å²) >= 11 is 0. The van der Waals surface area contributed by atoms with Crippen LogP contribution in [0.25, 0.3) is 23.4 Å². The summed E-state index contributed by atoms with van der Waals surface area (Å²) in [5, 5.41) is 9.25. The van der Waals surface area contributed by atoms with Crippen LogP contribution in [0.1, 0.15) is 34.7 Å². The molecule has 1 fully saturated rings. The highest BCUT2D eigenvalue weighted by atomic mass is 32.1. The van der Waals surface area contributed by atoms with Crippen LogP contribution < -0.4 is 4.74 Å². The molecule has 2 heterocycles. The van der Waals surface area contributed by atoms with Crippen molar-refractivity contribution in [3.63, 3.8) is 0 Å². The van der Waals surface area contributed by atoms with Gasteiger partial charge in [0.25, 0.3) is 0 Å². The number of nitrogens with zero attached hydrogens (tertiary/aromatic N) is 2. The van der Waals surface area contributed by atoms with Gasteiger partial charge in [0.1, 0.15) is 5.75 Å². The number of ether oxygens (including phenoxy) is 1. The Kier molecular flexibility index (Phi) is 8.30. The summed E-state index contributed by atoms with van der Waals surface area (Å²) in [5.74, 6) is -0.631. The third-order valence-corrected chi connectivity index (χ3v) is 5.17. The second kappa shape index (κ2) is 10.5. The fourth-order valence-corrected chi connectivity index (χ4v) is 3.39. The van der Waals surface area contributed by atoms with Crippen molar-refractivity contribution in [3.8, 4) is 17.0 Å². The molecule has 0 amide bonds. The summed E-state index contributed by atoms with van der Waals surface area (Å²) < 4.78 is 5.40. The second-order valence-electron chi connectivity index (χ2n) is 7.32. The topological polar surface area (TPSA) is 72.3 Å². The molecule has 0 bridgehead atoms. The number of aromatic nitrogens is 2. The minimum Gasteiger partial charge on any atom is -0.495 e. The minimum absolute atomic E-state index is 0. The zero-order valence-electron chi connectivity index (χ0n) is 17.4. The summed E-state index contributed by atoms with van der Waals surface area (Å²) in [6.07, 6.45) is 8.24. The van der Waals surface area contributed by atoms with Crippen LogP contribution in [0.5, 0.6) is 5.75 Å². The van der Waals surface area contributed by atoms with Gasteiger partial charge < -0.3 is 9.84 Å². The first-order valence-electron chi connectivity index (χ1n) is 9.53. The highest BCUT2D eigenvalue weighted by molar-refractivity contribution is 7.59. The van der Waals surface area contributed by atoms with Gasteiger partial charge in [-0.1, -0.05) is 42.0 Å². The van der Waals surface area contributed by atoms with Gasteiger partial charge in [-0.05, 0) is 42.7 Å². The van der Waals surface area contributed by atoms with Crippen LogP contribution in [0.4, 0.5) is 0 Å². The predicted octanol–water partition coefficient (Wildman–Crippen LogP) is 5.04. The molecule has 162 valence electrons. The van der Waals surface area contributed by atoms with E-state index in [9.17, 15) is 9.90 Å². The molecule has 5 nitrogen and oxygen atoms in total. The van der Waals surface area contributed by atoms with E-state index in [1.165, 1.54) is 5.56 Å². The summed E-state index contributed by atoms with van der Waals surface area (Å²) in [5.41, 5.74) is 5.67. The highest BCUT2D eigenvalue weighted by Gasteiger charge is 2.46. The van der Waals surface area contributed by atoms with Crippen LogP contribution in [-0.2, 0) is 4.79 Å². The molecule has 0 aliphatic heterocycles. The number of methoxy groups -OCH3 is 1. The number of hydrogen-bond acceptors (Lipinski definition) is 4. The van der Waals surface area contributed by atoms with Crippen molar-refractivity contribution in [2.24, 2.45) is 5.92 Å². The van der Waals surface area contributed by atoms with Crippen LogP contribution in [0.2, 0.25) is 0 Å². The lowest BCUT2D eigenvalue weighted by atomic mass is 10.1. The number of benzene rings is 1. The van der Waals surface area contributed by atoms with Gasteiger partial charge in [0, 0.05) is 23.9 Å². The molecule has 1 aromatic carbocycles. The minimum atomic E-state index is -0.783. The lowest BCUT2D eigenvalue weighted by molar-refractivity contribution is -0.138. The van der Waals surface area contributed by atoms with Gasteiger partial charge in [0.15, 0.2) is 0 Å². The van der Waals surface area contributed by atoms with E-state index in [2.05, 4.69) is 42.2 Å². The molecule has 0 spiro atoms. The molecule has 1 aliphatic carbocycles. The smallest absolute Gasteiger partial charge is 0.307 e. The Hall–Kier alpha value is -2.77. The lowest BCUT2D eigenvalue weighted by Crippen LogP contribution is -2.02. The van der Waals surface area contributed by atoms with Crippen molar-refractivity contribution >= 4 is 45.1 Å². The van der Waals surface area contributed by atoms with Crippen molar-refractivity contribution in [1.82, 2.24) is 9.97 Å². The summed E-state index contributed by atoms with van der Waals surface area (Å²) in [6.45, 7) is 2.07. The Labute approximate surface area is 196 Å². The number of aryl methyl sites for hydroxylation is 1. The zero-order valence-corrected chi connectivity index (χ0v) is 19.4. The molecule has 0 unspecified atom stereocenters. The Morgan fingerprint density at radius 1 is 1.06 bits per heavy atom. The monoisotopic (exact) mass is 454 g/mol. The van der Waals surface area contributed by atoms with Crippen LogP contribution in [0.15, 0.2) is 54.9 Å². The maximum absolute atomic E-state index is 11.3. The quantitative estimate of drug-likeness (QED) is 0.565. The van der Waals surface area contributed by atoms with Crippen molar-refractivity contribution in [2.45, 2.75) is 19.3 Å². The molecule has 0 radical (unpaired) electrons. The summed E-state index contributed by atoms with van der Waals surface area (Å²) in [6, 6.07) is 14.1. The highest BCUT2D eigenvalue weighted by Crippen LogP contribution is 2.50. The number of hydrogen-bond donors (Lipinski definition) is 1. The van der Waals surface area contributed by atoms with E-state index in [1.54, 1.807) is 19.5 Å². The normalized spacial score (nSPS) is 16.8. The molecule has 0 saturated heterocycles. The largest absolute Gasteiger partial charge is 0.495 e. The Balaban J connectivity index is 0.00000171. The Morgan fingerprint density at radius 3 is 2.42 bits per heavy atom. The van der Waals surface area contributed by atoms with Gasteiger partial charge in [-0.25, -0.2) is 4.98 Å². The molecular weight excluding hydrogens is 428 g/mol. The SMILES string of the molecule is COc1ccc(-c2cncc(/C=C\c3ccc(C)cc3)c2)nc1[C@H]1C[C@@H]1C(=O)O.S.S. The van der Waals surface area contributed by atoms with Crippen molar-refractivity contribution in [1.29, 1.82) is 0 Å². The first-order chi connectivity index (χ1) is 14.0. The molecule has 2 atom stereocenters. The fourth-order valence-electron chi connectivity index (χ4n) is 3.39. The summed E-state index contributed by atoms with van der Waals surface area (Å²) in [7, 11) is 1.58. The first kappa shape index (κ1) is 24.5.